The standard InChI is InChI=1S/C23H40O4/c1-3-5-6-7-8-9-10-11-12-16-19(15-4-2)27-23(26)21-18-14-13-17-20(21)22(24)25/h13-14,19-21H,3-12,15-18H2,1-2H3,(H,24,25). The van der Waals surface area contributed by atoms with E-state index in [1.807, 2.05) is 12.2 Å². The Morgan fingerprint density at radius 3 is 1.96 bits per heavy atom. The van der Waals surface area contributed by atoms with Crippen molar-refractivity contribution >= 4 is 11.9 Å². The zero-order valence-electron chi connectivity index (χ0n) is 17.5. The number of carboxylic acids is 1. The van der Waals surface area contributed by atoms with Crippen LogP contribution in [-0.2, 0) is 14.3 Å². The second kappa shape index (κ2) is 14.7. The van der Waals surface area contributed by atoms with Gasteiger partial charge in [-0.3, -0.25) is 9.59 Å². The van der Waals surface area contributed by atoms with E-state index in [1.165, 1.54) is 51.4 Å². The van der Waals surface area contributed by atoms with E-state index in [4.69, 9.17) is 4.74 Å². The molecule has 0 aromatic carbocycles. The Kier molecular flexibility index (Phi) is 12.9. The molecule has 0 heterocycles. The van der Waals surface area contributed by atoms with Gasteiger partial charge in [0.15, 0.2) is 0 Å². The number of rotatable bonds is 15. The van der Waals surface area contributed by atoms with E-state index < -0.39 is 17.8 Å². The maximum absolute atomic E-state index is 12.5. The monoisotopic (exact) mass is 380 g/mol. The summed E-state index contributed by atoms with van der Waals surface area (Å²) in [6, 6.07) is 0. The molecule has 4 nitrogen and oxygen atoms in total. The van der Waals surface area contributed by atoms with Crippen LogP contribution < -0.4 is 0 Å². The second-order valence-corrected chi connectivity index (χ2v) is 7.96. The lowest BCUT2D eigenvalue weighted by molar-refractivity contribution is -0.162. The third-order valence-electron chi connectivity index (χ3n) is 5.58. The molecule has 156 valence electrons. The first-order chi connectivity index (χ1) is 13.1. The first-order valence-corrected chi connectivity index (χ1v) is 11.2. The number of ether oxygens (including phenoxy) is 1. The van der Waals surface area contributed by atoms with Crippen molar-refractivity contribution in [3.8, 4) is 0 Å². The predicted molar refractivity (Wildman–Crippen MR) is 110 cm³/mol. The van der Waals surface area contributed by atoms with Gasteiger partial charge in [-0.15, -0.1) is 0 Å². The first kappa shape index (κ1) is 23.7. The molecule has 3 atom stereocenters. The molecule has 0 aromatic heterocycles. The van der Waals surface area contributed by atoms with Gasteiger partial charge >= 0.3 is 11.9 Å². The number of esters is 1. The van der Waals surface area contributed by atoms with Crippen molar-refractivity contribution in [3.63, 3.8) is 0 Å². The molecule has 1 aliphatic rings. The van der Waals surface area contributed by atoms with Crippen molar-refractivity contribution < 1.29 is 19.4 Å². The number of allylic oxidation sites excluding steroid dienone is 2. The molecule has 0 amide bonds. The number of aliphatic carboxylic acids is 1. The van der Waals surface area contributed by atoms with Crippen LogP contribution in [0.5, 0.6) is 0 Å². The van der Waals surface area contributed by atoms with Crippen LogP contribution >= 0.6 is 0 Å². The van der Waals surface area contributed by atoms with Gasteiger partial charge in [-0.1, -0.05) is 83.8 Å². The lowest BCUT2D eigenvalue weighted by Gasteiger charge is -2.26. The highest BCUT2D eigenvalue weighted by Gasteiger charge is 2.35. The average molecular weight is 381 g/mol. The molecule has 0 radical (unpaired) electrons. The van der Waals surface area contributed by atoms with Gasteiger partial charge in [0.2, 0.25) is 0 Å². The Labute approximate surface area is 165 Å². The van der Waals surface area contributed by atoms with E-state index in [-0.39, 0.29) is 12.1 Å². The lowest BCUT2D eigenvalue weighted by atomic mass is 9.83. The zero-order valence-corrected chi connectivity index (χ0v) is 17.5. The fraction of sp³-hybridized carbons (Fsp3) is 0.826. The second-order valence-electron chi connectivity index (χ2n) is 7.96. The fourth-order valence-electron chi connectivity index (χ4n) is 3.87. The SMILES string of the molecule is CCCCCCCCCCCC(CCC)OC(=O)C1CC=CCC1C(=O)O. The van der Waals surface area contributed by atoms with Crippen LogP contribution in [0.15, 0.2) is 12.2 Å². The summed E-state index contributed by atoms with van der Waals surface area (Å²) in [6.07, 6.45) is 18.9. The summed E-state index contributed by atoms with van der Waals surface area (Å²) in [5.74, 6) is -2.39. The molecule has 0 saturated heterocycles. The fourth-order valence-corrected chi connectivity index (χ4v) is 3.87. The van der Waals surface area contributed by atoms with Crippen LogP contribution in [0.4, 0.5) is 0 Å². The minimum absolute atomic E-state index is 0.0626. The molecular formula is C23H40O4. The summed E-state index contributed by atoms with van der Waals surface area (Å²) >= 11 is 0. The predicted octanol–water partition coefficient (Wildman–Crippen LogP) is 6.29. The molecule has 0 saturated carbocycles. The van der Waals surface area contributed by atoms with Gasteiger partial charge in [0.1, 0.15) is 6.10 Å². The highest BCUT2D eigenvalue weighted by molar-refractivity contribution is 5.81. The number of unbranched alkanes of at least 4 members (excludes halogenated alkanes) is 8. The third-order valence-corrected chi connectivity index (χ3v) is 5.58. The van der Waals surface area contributed by atoms with Gasteiger partial charge in [-0.25, -0.2) is 0 Å². The molecule has 0 fully saturated rings. The summed E-state index contributed by atoms with van der Waals surface area (Å²) in [6.45, 7) is 4.34. The van der Waals surface area contributed by atoms with Gasteiger partial charge in [-0.05, 0) is 32.1 Å². The molecule has 3 unspecified atom stereocenters. The van der Waals surface area contributed by atoms with E-state index in [0.29, 0.717) is 12.8 Å². The summed E-state index contributed by atoms with van der Waals surface area (Å²) in [7, 11) is 0. The zero-order chi connectivity index (χ0) is 19.9. The van der Waals surface area contributed by atoms with Crippen LogP contribution in [0, 0.1) is 11.8 Å². The number of carbonyl (C=O) groups excluding carboxylic acids is 1. The number of hydrogen-bond acceptors (Lipinski definition) is 3. The van der Waals surface area contributed by atoms with Crippen LogP contribution in [0.25, 0.3) is 0 Å². The molecule has 0 spiro atoms. The molecule has 0 bridgehead atoms. The first-order valence-electron chi connectivity index (χ1n) is 11.2. The molecule has 1 N–H and O–H groups in total. The maximum Gasteiger partial charge on any atom is 0.310 e. The molecule has 0 aliphatic heterocycles. The topological polar surface area (TPSA) is 63.6 Å². The van der Waals surface area contributed by atoms with Crippen molar-refractivity contribution in [2.45, 2.75) is 110 Å². The Balaban J connectivity index is 2.29. The van der Waals surface area contributed by atoms with E-state index in [2.05, 4.69) is 13.8 Å². The normalized spacial score (nSPS) is 20.4. The van der Waals surface area contributed by atoms with Gasteiger partial charge < -0.3 is 9.84 Å². The molecule has 0 aromatic rings. The van der Waals surface area contributed by atoms with Gasteiger partial charge in [-0.2, -0.15) is 0 Å². The van der Waals surface area contributed by atoms with Crippen LogP contribution in [0.1, 0.15) is 104 Å². The highest BCUT2D eigenvalue weighted by atomic mass is 16.5. The van der Waals surface area contributed by atoms with Gasteiger partial charge in [0, 0.05) is 0 Å². The quantitative estimate of drug-likeness (QED) is 0.206. The molecule has 1 rings (SSSR count). The Morgan fingerprint density at radius 2 is 1.41 bits per heavy atom. The molecule has 4 heteroatoms. The lowest BCUT2D eigenvalue weighted by Crippen LogP contribution is -2.34. The van der Waals surface area contributed by atoms with E-state index in [0.717, 1.165) is 25.7 Å². The van der Waals surface area contributed by atoms with Crippen LogP contribution in [0.2, 0.25) is 0 Å². The van der Waals surface area contributed by atoms with Gasteiger partial charge in [0.05, 0.1) is 11.8 Å². The largest absolute Gasteiger partial charge is 0.481 e. The maximum atomic E-state index is 12.5. The molecule has 27 heavy (non-hydrogen) atoms. The van der Waals surface area contributed by atoms with Crippen molar-refractivity contribution in [1.82, 2.24) is 0 Å². The van der Waals surface area contributed by atoms with Crippen LogP contribution in [-0.4, -0.2) is 23.1 Å². The number of hydrogen-bond donors (Lipinski definition) is 1. The average Bonchev–Trinajstić information content (AvgIpc) is 2.66. The van der Waals surface area contributed by atoms with Crippen molar-refractivity contribution in [2.75, 3.05) is 0 Å². The Bertz CT molecular complexity index is 444. The highest BCUT2D eigenvalue weighted by Crippen LogP contribution is 2.28. The molecular weight excluding hydrogens is 340 g/mol. The Morgan fingerprint density at radius 1 is 0.852 bits per heavy atom. The minimum Gasteiger partial charge on any atom is -0.481 e. The summed E-state index contributed by atoms with van der Waals surface area (Å²) in [5, 5.41) is 9.35. The minimum atomic E-state index is -0.896. The van der Waals surface area contributed by atoms with Crippen LogP contribution in [0.3, 0.4) is 0 Å². The van der Waals surface area contributed by atoms with E-state index in [9.17, 15) is 14.7 Å². The number of carbonyl (C=O) groups is 2. The third kappa shape index (κ3) is 9.97. The summed E-state index contributed by atoms with van der Waals surface area (Å²) in [4.78, 5) is 23.9. The summed E-state index contributed by atoms with van der Waals surface area (Å²) < 4.78 is 5.75. The van der Waals surface area contributed by atoms with Crippen molar-refractivity contribution in [3.05, 3.63) is 12.2 Å². The van der Waals surface area contributed by atoms with Gasteiger partial charge in [0.25, 0.3) is 0 Å². The van der Waals surface area contributed by atoms with E-state index in [1.54, 1.807) is 0 Å². The van der Waals surface area contributed by atoms with Crippen molar-refractivity contribution in [2.24, 2.45) is 11.8 Å². The number of carboxylic acid groups (broad SMARTS) is 1. The summed E-state index contributed by atoms with van der Waals surface area (Å²) in [5.41, 5.74) is 0. The Hall–Kier alpha value is -1.32. The van der Waals surface area contributed by atoms with Crippen molar-refractivity contribution in [1.29, 1.82) is 0 Å². The molecule has 1 aliphatic carbocycles. The smallest absolute Gasteiger partial charge is 0.310 e. The van der Waals surface area contributed by atoms with E-state index >= 15 is 0 Å².